The third kappa shape index (κ3) is 6.20. The monoisotopic (exact) mass is 383 g/mol. The van der Waals surface area contributed by atoms with Crippen molar-refractivity contribution in [1.82, 2.24) is 25.3 Å². The minimum atomic E-state index is -0.379. The summed E-state index contributed by atoms with van der Waals surface area (Å²) in [4.78, 5) is 26.8. The lowest BCUT2D eigenvalue weighted by Gasteiger charge is -2.34. The van der Waals surface area contributed by atoms with Gasteiger partial charge < -0.3 is 10.6 Å². The summed E-state index contributed by atoms with van der Waals surface area (Å²) in [6, 6.07) is 11.9. The molecule has 1 unspecified atom stereocenters. The highest BCUT2D eigenvalue weighted by atomic mass is 16.2. The topological polar surface area (TPSA) is 79.3 Å². The lowest BCUT2D eigenvalue weighted by Crippen LogP contribution is -2.56. The molecule has 7 nitrogen and oxygen atoms in total. The maximum absolute atomic E-state index is 12.3. The Labute approximate surface area is 166 Å². The summed E-state index contributed by atoms with van der Waals surface area (Å²) in [6.45, 7) is 3.60. The van der Waals surface area contributed by atoms with Crippen LogP contribution in [0.25, 0.3) is 0 Å². The Bertz CT molecular complexity index is 733. The van der Waals surface area contributed by atoms with Crippen LogP contribution in [0.3, 0.4) is 0 Å². The molecule has 1 atom stereocenters. The number of hydrogen-bond acceptors (Lipinski definition) is 4. The number of benzene rings is 1. The Morgan fingerprint density at radius 1 is 1.18 bits per heavy atom. The summed E-state index contributed by atoms with van der Waals surface area (Å²) < 4.78 is 1.84. The molecule has 1 aliphatic heterocycles. The first-order chi connectivity index (χ1) is 13.7. The molecule has 0 saturated carbocycles. The van der Waals surface area contributed by atoms with Crippen molar-refractivity contribution in [2.75, 3.05) is 26.2 Å². The average molecular weight is 383 g/mol. The molecule has 1 saturated heterocycles. The number of aromatic nitrogens is 2. The molecule has 3 rings (SSSR count). The van der Waals surface area contributed by atoms with Gasteiger partial charge in [-0.3, -0.25) is 19.2 Å². The van der Waals surface area contributed by atoms with E-state index in [1.54, 1.807) is 6.20 Å². The van der Waals surface area contributed by atoms with Crippen LogP contribution in [0.1, 0.15) is 24.8 Å². The lowest BCUT2D eigenvalue weighted by molar-refractivity contribution is -0.133. The fourth-order valence-electron chi connectivity index (χ4n) is 3.53. The van der Waals surface area contributed by atoms with E-state index in [1.165, 1.54) is 5.56 Å². The second-order valence-electron chi connectivity index (χ2n) is 7.11. The van der Waals surface area contributed by atoms with Crippen LogP contribution in [0, 0.1) is 0 Å². The number of aryl methyl sites for hydroxylation is 2. The molecule has 0 spiro atoms. The van der Waals surface area contributed by atoms with Crippen LogP contribution in [0.5, 0.6) is 0 Å². The van der Waals surface area contributed by atoms with Gasteiger partial charge in [0, 0.05) is 38.6 Å². The molecule has 150 valence electrons. The van der Waals surface area contributed by atoms with Crippen LogP contribution >= 0.6 is 0 Å². The highest BCUT2D eigenvalue weighted by Crippen LogP contribution is 2.11. The van der Waals surface area contributed by atoms with E-state index >= 15 is 0 Å². The van der Waals surface area contributed by atoms with E-state index < -0.39 is 0 Å². The van der Waals surface area contributed by atoms with E-state index in [0.717, 1.165) is 38.9 Å². The fourth-order valence-corrected chi connectivity index (χ4v) is 3.53. The van der Waals surface area contributed by atoms with Crippen LogP contribution in [-0.4, -0.2) is 58.7 Å². The fraction of sp³-hybridized carbons (Fsp3) is 0.476. The predicted molar refractivity (Wildman–Crippen MR) is 108 cm³/mol. The van der Waals surface area contributed by atoms with Crippen molar-refractivity contribution < 1.29 is 9.59 Å². The predicted octanol–water partition coefficient (Wildman–Crippen LogP) is 1.21. The zero-order valence-corrected chi connectivity index (χ0v) is 16.2. The SMILES string of the molecule is O=C(CC1C(=O)NCCN1CCCc1ccccc1)NCCCn1cccn1. The standard InChI is InChI=1S/C21H29N5O2/c27-20(22-10-5-14-26-15-6-11-24-26)17-19-21(28)23-12-16-25(19)13-4-9-18-7-2-1-3-8-18/h1-3,6-8,11,15,19H,4-5,9-10,12-14,16-17H2,(H,22,27)(H,23,28). The molecule has 2 aromatic rings. The molecule has 1 aromatic carbocycles. The third-order valence-electron chi connectivity index (χ3n) is 5.02. The van der Waals surface area contributed by atoms with E-state index in [9.17, 15) is 9.59 Å². The minimum Gasteiger partial charge on any atom is -0.356 e. The second-order valence-corrected chi connectivity index (χ2v) is 7.11. The van der Waals surface area contributed by atoms with Crippen molar-refractivity contribution >= 4 is 11.8 Å². The van der Waals surface area contributed by atoms with Crippen LogP contribution < -0.4 is 10.6 Å². The number of carbonyl (C=O) groups excluding carboxylic acids is 2. The van der Waals surface area contributed by atoms with Crippen LogP contribution in [0.15, 0.2) is 48.8 Å². The van der Waals surface area contributed by atoms with Crippen molar-refractivity contribution in [3.8, 4) is 0 Å². The Morgan fingerprint density at radius 2 is 2.04 bits per heavy atom. The zero-order chi connectivity index (χ0) is 19.6. The van der Waals surface area contributed by atoms with Gasteiger partial charge in [-0.25, -0.2) is 0 Å². The number of nitrogens with one attached hydrogen (secondary N) is 2. The second kappa shape index (κ2) is 10.6. The number of amides is 2. The van der Waals surface area contributed by atoms with Crippen molar-refractivity contribution in [2.45, 2.75) is 38.3 Å². The first-order valence-electron chi connectivity index (χ1n) is 10.0. The quantitative estimate of drug-likeness (QED) is 0.605. The molecule has 1 aliphatic rings. The molecule has 0 aliphatic carbocycles. The largest absolute Gasteiger partial charge is 0.356 e. The Kier molecular flexibility index (Phi) is 7.61. The van der Waals surface area contributed by atoms with Gasteiger partial charge in [-0.05, 0) is 37.4 Å². The summed E-state index contributed by atoms with van der Waals surface area (Å²) in [6.07, 6.45) is 6.61. The highest BCUT2D eigenvalue weighted by Gasteiger charge is 2.31. The van der Waals surface area contributed by atoms with E-state index in [0.29, 0.717) is 13.1 Å². The van der Waals surface area contributed by atoms with Crippen molar-refractivity contribution in [2.24, 2.45) is 0 Å². The smallest absolute Gasteiger partial charge is 0.237 e. The molecule has 1 fully saturated rings. The molecule has 2 amide bonds. The van der Waals surface area contributed by atoms with E-state index in [2.05, 4.69) is 32.8 Å². The number of nitrogens with zero attached hydrogens (tertiary/aromatic N) is 3. The first kappa shape index (κ1) is 20.1. The number of carbonyl (C=O) groups is 2. The summed E-state index contributed by atoms with van der Waals surface area (Å²) in [5.74, 6) is -0.117. The van der Waals surface area contributed by atoms with E-state index in [4.69, 9.17) is 0 Å². The van der Waals surface area contributed by atoms with Gasteiger partial charge in [-0.1, -0.05) is 30.3 Å². The molecule has 2 heterocycles. The summed E-state index contributed by atoms with van der Waals surface area (Å²) in [7, 11) is 0. The summed E-state index contributed by atoms with van der Waals surface area (Å²) in [5.41, 5.74) is 1.30. The van der Waals surface area contributed by atoms with Gasteiger partial charge in [0.15, 0.2) is 0 Å². The van der Waals surface area contributed by atoms with Gasteiger partial charge in [-0.2, -0.15) is 5.10 Å². The van der Waals surface area contributed by atoms with Gasteiger partial charge in [-0.15, -0.1) is 0 Å². The normalized spacial score (nSPS) is 17.3. The van der Waals surface area contributed by atoms with Crippen LogP contribution in [0.2, 0.25) is 0 Å². The Hall–Kier alpha value is -2.67. The van der Waals surface area contributed by atoms with Crippen LogP contribution in [0.4, 0.5) is 0 Å². The van der Waals surface area contributed by atoms with Crippen molar-refractivity contribution in [3.63, 3.8) is 0 Å². The van der Waals surface area contributed by atoms with Gasteiger partial charge in [0.25, 0.3) is 0 Å². The van der Waals surface area contributed by atoms with Crippen LogP contribution in [-0.2, 0) is 22.6 Å². The molecule has 1 aromatic heterocycles. The minimum absolute atomic E-state index is 0.0438. The molecule has 0 bridgehead atoms. The van der Waals surface area contributed by atoms with Gasteiger partial charge in [0.2, 0.25) is 11.8 Å². The number of piperazine rings is 1. The number of rotatable bonds is 10. The lowest BCUT2D eigenvalue weighted by atomic mass is 10.1. The summed E-state index contributed by atoms with van der Waals surface area (Å²) in [5, 5.41) is 9.96. The van der Waals surface area contributed by atoms with Crippen molar-refractivity contribution in [1.29, 1.82) is 0 Å². The van der Waals surface area contributed by atoms with Gasteiger partial charge in [0.1, 0.15) is 0 Å². The molecular weight excluding hydrogens is 354 g/mol. The van der Waals surface area contributed by atoms with E-state index in [-0.39, 0.29) is 24.3 Å². The maximum Gasteiger partial charge on any atom is 0.237 e. The zero-order valence-electron chi connectivity index (χ0n) is 16.2. The first-order valence-corrected chi connectivity index (χ1v) is 10.0. The van der Waals surface area contributed by atoms with E-state index in [1.807, 2.05) is 35.1 Å². The average Bonchev–Trinajstić information content (AvgIpc) is 3.22. The number of hydrogen-bond donors (Lipinski definition) is 2. The molecule has 7 heteroatoms. The van der Waals surface area contributed by atoms with Crippen molar-refractivity contribution in [3.05, 3.63) is 54.4 Å². The molecule has 28 heavy (non-hydrogen) atoms. The molecular formula is C21H29N5O2. The third-order valence-corrected chi connectivity index (χ3v) is 5.02. The van der Waals surface area contributed by atoms with Gasteiger partial charge >= 0.3 is 0 Å². The summed E-state index contributed by atoms with van der Waals surface area (Å²) >= 11 is 0. The molecule has 2 N–H and O–H groups in total. The Morgan fingerprint density at radius 3 is 2.82 bits per heavy atom. The molecule has 0 radical (unpaired) electrons. The highest BCUT2D eigenvalue weighted by molar-refractivity contribution is 5.88. The van der Waals surface area contributed by atoms with Gasteiger partial charge in [0.05, 0.1) is 12.5 Å². The Balaban J connectivity index is 1.41. The maximum atomic E-state index is 12.3.